The smallest absolute Gasteiger partial charge is 0.323 e. The molecule has 1 aromatic heterocycles. The Morgan fingerprint density at radius 2 is 2.04 bits per heavy atom. The van der Waals surface area contributed by atoms with Crippen molar-refractivity contribution in [3.8, 4) is 11.5 Å². The van der Waals surface area contributed by atoms with Crippen molar-refractivity contribution in [2.75, 3.05) is 20.8 Å². The first-order valence-corrected chi connectivity index (χ1v) is 8.74. The fraction of sp³-hybridized carbons (Fsp3) is 0.471. The predicted octanol–water partition coefficient (Wildman–Crippen LogP) is 1.36. The standard InChI is InChI=1S/C17H21N3O6S/c1-23-12-3-5-13(6-4-12)25-9-15-18-20(17(27)26-15)10-19-8-11(21)7-14(19)16(22)24-2/h3-6,11,14,21H,7-10H2,1-2H3/t11-,14-/m0/s1. The molecule has 146 valence electrons. The molecule has 0 spiro atoms. The van der Waals surface area contributed by atoms with Gasteiger partial charge in [-0.25, -0.2) is 4.68 Å². The van der Waals surface area contributed by atoms with Gasteiger partial charge in [-0.15, -0.1) is 5.10 Å². The first kappa shape index (κ1) is 19.3. The van der Waals surface area contributed by atoms with Gasteiger partial charge in [0.25, 0.3) is 10.7 Å². The summed E-state index contributed by atoms with van der Waals surface area (Å²) in [5.41, 5.74) is 0. The zero-order valence-corrected chi connectivity index (χ0v) is 15.8. The highest BCUT2D eigenvalue weighted by Crippen LogP contribution is 2.21. The van der Waals surface area contributed by atoms with Crippen LogP contribution in [-0.4, -0.2) is 58.7 Å². The predicted molar refractivity (Wildman–Crippen MR) is 95.8 cm³/mol. The molecule has 9 nitrogen and oxygen atoms in total. The topological polar surface area (TPSA) is 99.2 Å². The molecule has 2 aromatic rings. The Balaban J connectivity index is 1.63. The summed E-state index contributed by atoms with van der Waals surface area (Å²) in [4.78, 5) is 13.8. The van der Waals surface area contributed by atoms with Gasteiger partial charge in [0.1, 0.15) is 17.5 Å². The van der Waals surface area contributed by atoms with E-state index in [0.29, 0.717) is 24.6 Å². The van der Waals surface area contributed by atoms with E-state index in [9.17, 15) is 9.90 Å². The number of aromatic nitrogens is 2. The molecule has 1 saturated heterocycles. The van der Waals surface area contributed by atoms with E-state index in [1.54, 1.807) is 36.3 Å². The average molecular weight is 395 g/mol. The number of hydrogen-bond acceptors (Lipinski definition) is 9. The zero-order chi connectivity index (χ0) is 19.4. The first-order chi connectivity index (χ1) is 13.0. The third-order valence-electron chi connectivity index (χ3n) is 4.24. The van der Waals surface area contributed by atoms with Crippen LogP contribution in [0, 0.1) is 4.84 Å². The summed E-state index contributed by atoms with van der Waals surface area (Å²) in [6.45, 7) is 0.639. The van der Waals surface area contributed by atoms with Crippen LogP contribution < -0.4 is 9.47 Å². The zero-order valence-electron chi connectivity index (χ0n) is 15.0. The highest BCUT2D eigenvalue weighted by atomic mass is 32.1. The molecule has 2 heterocycles. The van der Waals surface area contributed by atoms with Gasteiger partial charge in [-0.2, -0.15) is 0 Å². The van der Waals surface area contributed by atoms with E-state index in [1.165, 1.54) is 11.8 Å². The van der Waals surface area contributed by atoms with Gasteiger partial charge in [-0.3, -0.25) is 9.69 Å². The van der Waals surface area contributed by atoms with Gasteiger partial charge in [0.2, 0.25) is 0 Å². The van der Waals surface area contributed by atoms with Crippen LogP contribution in [-0.2, 0) is 22.8 Å². The maximum atomic E-state index is 11.9. The molecular formula is C17H21N3O6S. The molecule has 0 unspecified atom stereocenters. The second kappa shape index (κ2) is 8.51. The summed E-state index contributed by atoms with van der Waals surface area (Å²) in [6, 6.07) is 6.58. The van der Waals surface area contributed by atoms with Crippen LogP contribution in [0.25, 0.3) is 0 Å². The number of esters is 1. The molecule has 1 aliphatic heterocycles. The van der Waals surface area contributed by atoms with Gasteiger partial charge in [-0.05, 0) is 36.5 Å². The number of rotatable bonds is 7. The number of β-amino-alcohol motifs (C(OH)–C–C–N with tert-alkyl or cyclic N) is 1. The molecule has 1 fully saturated rings. The lowest BCUT2D eigenvalue weighted by Crippen LogP contribution is -2.38. The van der Waals surface area contributed by atoms with Gasteiger partial charge in [-0.1, -0.05) is 0 Å². The van der Waals surface area contributed by atoms with Crippen LogP contribution in [0.15, 0.2) is 28.7 Å². The summed E-state index contributed by atoms with van der Waals surface area (Å²) < 4.78 is 22.4. The number of hydrogen-bond donors (Lipinski definition) is 1. The van der Waals surface area contributed by atoms with Gasteiger partial charge in [0.05, 0.1) is 27.0 Å². The first-order valence-electron chi connectivity index (χ1n) is 8.33. The number of carbonyl (C=O) groups excluding carboxylic acids is 1. The van der Waals surface area contributed by atoms with E-state index in [2.05, 4.69) is 5.10 Å². The van der Waals surface area contributed by atoms with Gasteiger partial charge in [0.15, 0.2) is 6.61 Å². The monoisotopic (exact) mass is 395 g/mol. The van der Waals surface area contributed by atoms with Crippen molar-refractivity contribution in [3.63, 3.8) is 0 Å². The van der Waals surface area contributed by atoms with Crippen LogP contribution in [0.4, 0.5) is 0 Å². The molecule has 1 aliphatic rings. The SMILES string of the molecule is COC(=O)[C@@H]1C[C@H](O)CN1Cn1nc(COc2ccc(OC)cc2)oc1=S. The maximum Gasteiger partial charge on any atom is 0.323 e. The molecule has 10 heteroatoms. The van der Waals surface area contributed by atoms with Crippen molar-refractivity contribution in [3.05, 3.63) is 35.0 Å². The number of likely N-dealkylation sites (tertiary alicyclic amines) is 1. The van der Waals surface area contributed by atoms with Gasteiger partial charge in [0, 0.05) is 13.0 Å². The van der Waals surface area contributed by atoms with E-state index >= 15 is 0 Å². The third kappa shape index (κ3) is 4.65. The van der Waals surface area contributed by atoms with Crippen LogP contribution in [0.1, 0.15) is 12.3 Å². The Kier molecular flexibility index (Phi) is 6.09. The number of nitrogens with zero attached hydrogens (tertiary/aromatic N) is 3. The number of benzene rings is 1. The molecule has 0 aliphatic carbocycles. The van der Waals surface area contributed by atoms with Crippen LogP contribution in [0.5, 0.6) is 11.5 Å². The lowest BCUT2D eigenvalue weighted by atomic mass is 10.2. The van der Waals surface area contributed by atoms with E-state index < -0.39 is 18.1 Å². The van der Waals surface area contributed by atoms with E-state index in [-0.39, 0.29) is 18.1 Å². The van der Waals surface area contributed by atoms with Crippen LogP contribution >= 0.6 is 12.2 Å². The quantitative estimate of drug-likeness (QED) is 0.550. The maximum absolute atomic E-state index is 11.9. The molecule has 0 saturated carbocycles. The Morgan fingerprint density at radius 3 is 2.70 bits per heavy atom. The Morgan fingerprint density at radius 1 is 1.33 bits per heavy atom. The van der Waals surface area contributed by atoms with Crippen molar-refractivity contribution in [1.82, 2.24) is 14.7 Å². The lowest BCUT2D eigenvalue weighted by molar-refractivity contribution is -0.146. The largest absolute Gasteiger partial charge is 0.497 e. The van der Waals surface area contributed by atoms with E-state index in [1.807, 2.05) is 0 Å². The van der Waals surface area contributed by atoms with Crippen molar-refractivity contribution >= 4 is 18.2 Å². The normalized spacial score (nSPS) is 19.8. The Labute approximate surface area is 161 Å². The second-order valence-electron chi connectivity index (χ2n) is 6.07. The molecule has 3 rings (SSSR count). The number of aliphatic hydroxyl groups is 1. The molecule has 2 atom stereocenters. The summed E-state index contributed by atoms with van der Waals surface area (Å²) in [6.07, 6.45) is -0.293. The number of aliphatic hydroxyl groups excluding tert-OH is 1. The Bertz CT molecular complexity index is 834. The van der Waals surface area contributed by atoms with Crippen molar-refractivity contribution in [2.45, 2.75) is 31.8 Å². The molecule has 0 bridgehead atoms. The Hall–Kier alpha value is -2.43. The third-order valence-corrected chi connectivity index (χ3v) is 4.53. The molecule has 0 amide bonds. The minimum atomic E-state index is -0.604. The van der Waals surface area contributed by atoms with Crippen molar-refractivity contribution in [1.29, 1.82) is 0 Å². The van der Waals surface area contributed by atoms with Crippen LogP contribution in [0.3, 0.4) is 0 Å². The van der Waals surface area contributed by atoms with Crippen molar-refractivity contribution < 1.29 is 28.5 Å². The number of methoxy groups -OCH3 is 2. The highest BCUT2D eigenvalue weighted by molar-refractivity contribution is 7.71. The summed E-state index contributed by atoms with van der Waals surface area (Å²) in [5, 5.41) is 14.1. The summed E-state index contributed by atoms with van der Waals surface area (Å²) in [5.74, 6) is 1.28. The minimum absolute atomic E-state index is 0.103. The molecule has 1 N–H and O–H groups in total. The van der Waals surface area contributed by atoms with E-state index in [0.717, 1.165) is 5.75 Å². The van der Waals surface area contributed by atoms with E-state index in [4.69, 9.17) is 30.8 Å². The average Bonchev–Trinajstić information content (AvgIpc) is 3.22. The van der Waals surface area contributed by atoms with Gasteiger partial charge >= 0.3 is 5.97 Å². The molecule has 0 radical (unpaired) electrons. The number of carbonyl (C=O) groups is 1. The van der Waals surface area contributed by atoms with Crippen LogP contribution in [0.2, 0.25) is 0 Å². The second-order valence-corrected chi connectivity index (χ2v) is 6.42. The fourth-order valence-corrected chi connectivity index (χ4v) is 3.10. The minimum Gasteiger partial charge on any atom is -0.497 e. The fourth-order valence-electron chi connectivity index (χ4n) is 2.90. The summed E-state index contributed by atoms with van der Waals surface area (Å²) >= 11 is 5.19. The molecule has 1 aromatic carbocycles. The summed E-state index contributed by atoms with van der Waals surface area (Å²) in [7, 11) is 2.91. The van der Waals surface area contributed by atoms with Crippen molar-refractivity contribution in [2.24, 2.45) is 0 Å². The van der Waals surface area contributed by atoms with Gasteiger partial charge < -0.3 is 23.7 Å². The molecular weight excluding hydrogens is 374 g/mol. The lowest BCUT2D eigenvalue weighted by Gasteiger charge is -2.21. The molecule has 27 heavy (non-hydrogen) atoms. The number of ether oxygens (including phenoxy) is 3. The highest BCUT2D eigenvalue weighted by Gasteiger charge is 2.37.